The molecule has 0 saturated carbocycles. The number of carbonyl (C=O) groups excluding carboxylic acids is 1. The summed E-state index contributed by atoms with van der Waals surface area (Å²) < 4.78 is 38.8. The highest BCUT2D eigenvalue weighted by Gasteiger charge is 2.34. The molecule has 0 spiro atoms. The van der Waals surface area contributed by atoms with E-state index in [2.05, 4.69) is 0 Å². The van der Waals surface area contributed by atoms with Gasteiger partial charge in [-0.2, -0.15) is 8.42 Å². The minimum atomic E-state index is -4.49. The number of nitrogens with zero attached hydrogens (tertiary/aromatic N) is 1. The van der Waals surface area contributed by atoms with Crippen molar-refractivity contribution in [2.24, 2.45) is 11.8 Å². The predicted octanol–water partition coefficient (Wildman–Crippen LogP) is 0.171. The van der Waals surface area contributed by atoms with Gasteiger partial charge in [-0.3, -0.25) is 4.79 Å². The Balaban J connectivity index is 1.86. The molecule has 2 heterocycles. The largest absolute Gasteiger partial charge is 0.381 e. The zero-order chi connectivity index (χ0) is 12.5. The fraction of sp³-hybridized carbons (Fsp3) is 0.900. The van der Waals surface area contributed by atoms with Gasteiger partial charge in [-0.25, -0.2) is 0 Å². The van der Waals surface area contributed by atoms with Gasteiger partial charge >= 0.3 is 10.2 Å². The van der Waals surface area contributed by atoms with Crippen LogP contribution in [0.2, 0.25) is 0 Å². The van der Waals surface area contributed by atoms with Gasteiger partial charge < -0.3 is 9.64 Å². The Morgan fingerprint density at radius 3 is 2.76 bits per heavy atom. The fourth-order valence-electron chi connectivity index (χ4n) is 2.46. The molecule has 0 aliphatic carbocycles. The molecule has 7 heteroatoms. The van der Waals surface area contributed by atoms with Crippen LogP contribution in [0.1, 0.15) is 12.8 Å². The second-order valence-electron chi connectivity index (χ2n) is 4.80. The molecule has 98 valence electrons. The van der Waals surface area contributed by atoms with Gasteiger partial charge in [0.2, 0.25) is 5.91 Å². The zero-order valence-electron chi connectivity index (χ0n) is 9.47. The fourth-order valence-corrected chi connectivity index (χ4v) is 3.25. The van der Waals surface area contributed by atoms with Crippen LogP contribution in [-0.2, 0) is 19.8 Å². The first-order valence-corrected chi connectivity index (χ1v) is 7.27. The number of carbonyl (C=O) groups is 1. The van der Waals surface area contributed by atoms with Gasteiger partial charge in [-0.1, -0.05) is 0 Å². The molecule has 5 nitrogen and oxygen atoms in total. The van der Waals surface area contributed by atoms with E-state index >= 15 is 0 Å². The van der Waals surface area contributed by atoms with Crippen LogP contribution in [0, 0.1) is 11.8 Å². The Labute approximate surface area is 100 Å². The van der Waals surface area contributed by atoms with Crippen LogP contribution in [0.5, 0.6) is 0 Å². The number of ether oxygens (including phenoxy) is 1. The summed E-state index contributed by atoms with van der Waals surface area (Å²) in [5.41, 5.74) is 0. The third-order valence-corrected chi connectivity index (χ3v) is 4.10. The maximum Gasteiger partial charge on any atom is 0.302 e. The van der Waals surface area contributed by atoms with Gasteiger partial charge in [-0.15, -0.1) is 3.89 Å². The van der Waals surface area contributed by atoms with Crippen LogP contribution in [0.3, 0.4) is 0 Å². The highest BCUT2D eigenvalue weighted by molar-refractivity contribution is 7.86. The average Bonchev–Trinajstić information content (AvgIpc) is 2.75. The summed E-state index contributed by atoms with van der Waals surface area (Å²) in [6.07, 6.45) is 1.06. The monoisotopic (exact) mass is 265 g/mol. The van der Waals surface area contributed by atoms with Crippen molar-refractivity contribution in [3.05, 3.63) is 0 Å². The quantitative estimate of drug-likeness (QED) is 0.680. The maximum atomic E-state index is 12.5. The molecular weight excluding hydrogens is 249 g/mol. The summed E-state index contributed by atoms with van der Waals surface area (Å²) >= 11 is 0. The van der Waals surface area contributed by atoms with E-state index in [0.717, 1.165) is 13.0 Å². The van der Waals surface area contributed by atoms with Gasteiger partial charge in [0, 0.05) is 38.0 Å². The highest BCUT2D eigenvalue weighted by Crippen LogP contribution is 2.23. The average molecular weight is 265 g/mol. The smallest absolute Gasteiger partial charge is 0.302 e. The predicted molar refractivity (Wildman–Crippen MR) is 58.5 cm³/mol. The Bertz CT molecular complexity index is 391. The lowest BCUT2D eigenvalue weighted by Crippen LogP contribution is -2.31. The van der Waals surface area contributed by atoms with Crippen LogP contribution < -0.4 is 0 Å². The summed E-state index contributed by atoms with van der Waals surface area (Å²) in [5, 5.41) is 0. The lowest BCUT2D eigenvalue weighted by Gasteiger charge is -2.19. The normalized spacial score (nSPS) is 30.2. The summed E-state index contributed by atoms with van der Waals surface area (Å²) in [6, 6.07) is 0. The minimum absolute atomic E-state index is 0.0782. The number of halogens is 1. The van der Waals surface area contributed by atoms with Crippen LogP contribution in [-0.4, -0.2) is 51.3 Å². The van der Waals surface area contributed by atoms with Crippen molar-refractivity contribution in [1.82, 2.24) is 4.90 Å². The molecule has 0 aromatic carbocycles. The van der Waals surface area contributed by atoms with Crippen LogP contribution in [0.25, 0.3) is 0 Å². The van der Waals surface area contributed by atoms with Crippen LogP contribution >= 0.6 is 0 Å². The molecule has 2 fully saturated rings. The Hall–Kier alpha value is -0.690. The van der Waals surface area contributed by atoms with E-state index in [1.54, 1.807) is 4.90 Å². The van der Waals surface area contributed by atoms with Gasteiger partial charge in [0.1, 0.15) is 0 Å². The maximum absolute atomic E-state index is 12.5. The molecule has 0 aromatic heterocycles. The molecule has 2 saturated heterocycles. The van der Waals surface area contributed by atoms with Crippen molar-refractivity contribution >= 4 is 16.1 Å². The van der Waals surface area contributed by atoms with E-state index in [1.165, 1.54) is 0 Å². The van der Waals surface area contributed by atoms with Crippen LogP contribution in [0.4, 0.5) is 3.89 Å². The first kappa shape index (κ1) is 12.8. The number of rotatable bonds is 4. The molecule has 2 aliphatic rings. The molecule has 1 amide bonds. The first-order chi connectivity index (χ1) is 7.94. The molecule has 2 unspecified atom stereocenters. The Morgan fingerprint density at radius 2 is 2.18 bits per heavy atom. The standard InChI is InChI=1S/C10H16FNO4S/c11-17(14,15)7-9-3-10(13)12(5-9)4-8-1-2-16-6-8/h8-9H,1-7H2. The SMILES string of the molecule is O=C1CC(CS(=O)(=O)F)CN1CC1CCOC1. The number of hydrogen-bond donors (Lipinski definition) is 0. The van der Waals surface area contributed by atoms with Crippen molar-refractivity contribution in [1.29, 1.82) is 0 Å². The first-order valence-electron chi connectivity index (χ1n) is 5.72. The summed E-state index contributed by atoms with van der Waals surface area (Å²) in [6.45, 7) is 2.31. The van der Waals surface area contributed by atoms with Gasteiger partial charge in [-0.05, 0) is 6.42 Å². The lowest BCUT2D eigenvalue weighted by molar-refractivity contribution is -0.128. The summed E-state index contributed by atoms with van der Waals surface area (Å²) in [4.78, 5) is 13.3. The molecular formula is C10H16FNO4S. The van der Waals surface area contributed by atoms with E-state index in [1.807, 2.05) is 0 Å². The van der Waals surface area contributed by atoms with Crippen molar-refractivity contribution in [2.75, 3.05) is 32.1 Å². The van der Waals surface area contributed by atoms with E-state index in [0.29, 0.717) is 25.6 Å². The molecule has 2 atom stereocenters. The van der Waals surface area contributed by atoms with Gasteiger partial charge in [0.25, 0.3) is 0 Å². The van der Waals surface area contributed by atoms with Crippen molar-refractivity contribution in [2.45, 2.75) is 12.8 Å². The third-order valence-electron chi connectivity index (χ3n) is 3.23. The van der Waals surface area contributed by atoms with Crippen molar-refractivity contribution in [3.8, 4) is 0 Å². The summed E-state index contributed by atoms with van der Waals surface area (Å²) in [5.74, 6) is -0.693. The lowest BCUT2D eigenvalue weighted by atomic mass is 10.1. The highest BCUT2D eigenvalue weighted by atomic mass is 32.3. The van der Waals surface area contributed by atoms with Crippen molar-refractivity contribution < 1.29 is 21.8 Å². The Morgan fingerprint density at radius 1 is 1.41 bits per heavy atom. The molecule has 0 bridgehead atoms. The number of likely N-dealkylation sites (tertiary alicyclic amines) is 1. The second kappa shape index (κ2) is 4.89. The van der Waals surface area contributed by atoms with E-state index in [9.17, 15) is 17.1 Å². The van der Waals surface area contributed by atoms with E-state index < -0.39 is 21.9 Å². The van der Waals surface area contributed by atoms with Crippen LogP contribution in [0.15, 0.2) is 0 Å². The van der Waals surface area contributed by atoms with E-state index in [-0.39, 0.29) is 12.3 Å². The topological polar surface area (TPSA) is 63.7 Å². The van der Waals surface area contributed by atoms with Gasteiger partial charge in [0.15, 0.2) is 0 Å². The molecule has 2 rings (SSSR count). The van der Waals surface area contributed by atoms with E-state index in [4.69, 9.17) is 4.74 Å². The molecule has 0 aromatic rings. The number of hydrogen-bond acceptors (Lipinski definition) is 4. The zero-order valence-corrected chi connectivity index (χ0v) is 10.3. The minimum Gasteiger partial charge on any atom is -0.381 e. The molecule has 17 heavy (non-hydrogen) atoms. The molecule has 2 aliphatic heterocycles. The van der Waals surface area contributed by atoms with Crippen molar-refractivity contribution in [3.63, 3.8) is 0 Å². The third kappa shape index (κ3) is 3.64. The molecule has 0 N–H and O–H groups in total. The Kier molecular flexibility index (Phi) is 3.67. The molecule has 0 radical (unpaired) electrons. The van der Waals surface area contributed by atoms with Gasteiger partial charge in [0.05, 0.1) is 12.4 Å². The number of amides is 1. The second-order valence-corrected chi connectivity index (χ2v) is 6.22. The summed E-state index contributed by atoms with van der Waals surface area (Å²) in [7, 11) is -4.49.